The van der Waals surface area contributed by atoms with Crippen molar-refractivity contribution in [3.8, 4) is 0 Å². The van der Waals surface area contributed by atoms with Gasteiger partial charge in [0.2, 0.25) is 0 Å². The average molecular weight is 382 g/mol. The Morgan fingerprint density at radius 2 is 1.34 bits per heavy atom. The maximum Gasteiger partial charge on any atom is 0.182 e. The van der Waals surface area contributed by atoms with Crippen LogP contribution in [-0.2, 0) is 0 Å². The first-order valence-electron chi connectivity index (χ1n) is 9.49. The van der Waals surface area contributed by atoms with Crippen LogP contribution in [0.15, 0.2) is 84.9 Å². The summed E-state index contributed by atoms with van der Waals surface area (Å²) in [6, 6.07) is 22.5. The highest BCUT2D eigenvalue weighted by Gasteiger charge is 2.36. The summed E-state index contributed by atoms with van der Waals surface area (Å²) in [6.07, 6.45) is 3.62. The molecule has 0 radical (unpaired) electrons. The highest BCUT2D eigenvalue weighted by Crippen LogP contribution is 2.23. The molecule has 0 heterocycles. The van der Waals surface area contributed by atoms with E-state index >= 15 is 0 Å². The van der Waals surface area contributed by atoms with Gasteiger partial charge in [-0.25, -0.2) is 0 Å². The molecular formula is C26H22O3. The van der Waals surface area contributed by atoms with E-state index in [1.807, 2.05) is 32.1 Å². The van der Waals surface area contributed by atoms with Crippen LogP contribution in [0.2, 0.25) is 0 Å². The van der Waals surface area contributed by atoms with Gasteiger partial charge in [-0.2, -0.15) is 0 Å². The number of aryl methyl sites for hydroxylation is 1. The van der Waals surface area contributed by atoms with Crippen LogP contribution in [0.4, 0.5) is 0 Å². The van der Waals surface area contributed by atoms with E-state index in [4.69, 9.17) is 0 Å². The van der Waals surface area contributed by atoms with Crippen LogP contribution < -0.4 is 0 Å². The molecule has 1 unspecified atom stereocenters. The highest BCUT2D eigenvalue weighted by molar-refractivity contribution is 6.31. The van der Waals surface area contributed by atoms with E-state index in [1.54, 1.807) is 72.8 Å². The molecule has 1 atom stereocenters. The molecule has 0 aliphatic carbocycles. The summed E-state index contributed by atoms with van der Waals surface area (Å²) >= 11 is 0. The minimum atomic E-state index is -1.43. The van der Waals surface area contributed by atoms with Gasteiger partial charge in [0.05, 0.1) is 0 Å². The lowest BCUT2D eigenvalue weighted by Crippen LogP contribution is -2.32. The smallest absolute Gasteiger partial charge is 0.182 e. The van der Waals surface area contributed by atoms with Crippen molar-refractivity contribution in [3.63, 3.8) is 0 Å². The number of allylic oxidation sites excluding steroid dienone is 1. The monoisotopic (exact) mass is 382 g/mol. The Kier molecular flexibility index (Phi) is 6.30. The second-order valence-corrected chi connectivity index (χ2v) is 6.85. The Morgan fingerprint density at radius 3 is 2.03 bits per heavy atom. The fraction of sp³-hybridized carbons (Fsp3) is 0.115. The van der Waals surface area contributed by atoms with E-state index in [1.165, 1.54) is 0 Å². The molecule has 0 spiro atoms. The number of hydrogen-bond donors (Lipinski definition) is 0. The number of ketones is 3. The molecule has 0 fully saturated rings. The molecule has 0 N–H and O–H groups in total. The van der Waals surface area contributed by atoms with Gasteiger partial charge >= 0.3 is 0 Å². The fourth-order valence-electron chi connectivity index (χ4n) is 3.29. The Balaban J connectivity index is 2.11. The number of hydrogen-bond acceptors (Lipinski definition) is 3. The van der Waals surface area contributed by atoms with Crippen molar-refractivity contribution in [1.82, 2.24) is 0 Å². The summed E-state index contributed by atoms with van der Waals surface area (Å²) in [4.78, 5) is 40.1. The quantitative estimate of drug-likeness (QED) is 0.395. The molecule has 3 nitrogen and oxygen atoms in total. The highest BCUT2D eigenvalue weighted by atomic mass is 16.2. The van der Waals surface area contributed by atoms with E-state index in [2.05, 4.69) is 0 Å². The topological polar surface area (TPSA) is 51.2 Å². The predicted molar refractivity (Wildman–Crippen MR) is 115 cm³/mol. The summed E-state index contributed by atoms with van der Waals surface area (Å²) < 4.78 is 0. The van der Waals surface area contributed by atoms with Crippen molar-refractivity contribution in [2.45, 2.75) is 13.8 Å². The molecule has 0 saturated carbocycles. The molecule has 3 aromatic rings. The maximum absolute atomic E-state index is 13.5. The minimum Gasteiger partial charge on any atom is -0.293 e. The lowest BCUT2D eigenvalue weighted by molar-refractivity contribution is 0.0733. The molecule has 144 valence electrons. The minimum absolute atomic E-state index is 0.343. The largest absolute Gasteiger partial charge is 0.293 e. The van der Waals surface area contributed by atoms with E-state index in [9.17, 15) is 14.4 Å². The third-order valence-electron chi connectivity index (χ3n) is 4.72. The normalized spacial score (nSPS) is 11.9. The summed E-state index contributed by atoms with van der Waals surface area (Å²) in [5, 5.41) is 0. The zero-order valence-electron chi connectivity index (χ0n) is 16.5. The van der Waals surface area contributed by atoms with Crippen LogP contribution in [0.5, 0.6) is 0 Å². The van der Waals surface area contributed by atoms with Gasteiger partial charge in [0.25, 0.3) is 0 Å². The standard InChI is InChI=1S/C26H22O3/c1-3-10-19-12-7-8-16-22(19)26(29)23(24(27)20-13-5-4-6-14-20)25(28)21-15-9-11-18(2)17-21/h3-17,23H,1-2H3/b10-3+. The second kappa shape index (κ2) is 9.07. The van der Waals surface area contributed by atoms with Gasteiger partial charge in [-0.3, -0.25) is 14.4 Å². The first-order valence-corrected chi connectivity index (χ1v) is 9.49. The number of carbonyl (C=O) groups is 3. The van der Waals surface area contributed by atoms with E-state index in [0.29, 0.717) is 22.3 Å². The summed E-state index contributed by atoms with van der Waals surface area (Å²) in [5.74, 6) is -2.88. The SMILES string of the molecule is C/C=C/c1ccccc1C(=O)C(C(=O)c1ccccc1)C(=O)c1cccc(C)c1. The second-order valence-electron chi connectivity index (χ2n) is 6.85. The first kappa shape index (κ1) is 20.2. The molecule has 3 rings (SSSR count). The van der Waals surface area contributed by atoms with Gasteiger partial charge in [-0.1, -0.05) is 90.5 Å². The van der Waals surface area contributed by atoms with Crippen molar-refractivity contribution < 1.29 is 14.4 Å². The van der Waals surface area contributed by atoms with Crippen LogP contribution in [0.1, 0.15) is 49.1 Å². The van der Waals surface area contributed by atoms with Crippen molar-refractivity contribution in [3.05, 3.63) is 113 Å². The summed E-state index contributed by atoms with van der Waals surface area (Å²) in [5.41, 5.74) is 2.64. The third kappa shape index (κ3) is 4.46. The summed E-state index contributed by atoms with van der Waals surface area (Å²) in [6.45, 7) is 3.72. The number of Topliss-reactive ketones (excluding diaryl/α,β-unsaturated/α-hetero) is 3. The van der Waals surface area contributed by atoms with Gasteiger partial charge < -0.3 is 0 Å². The molecule has 0 aromatic heterocycles. The van der Waals surface area contributed by atoms with Gasteiger partial charge in [-0.15, -0.1) is 0 Å². The van der Waals surface area contributed by atoms with Crippen LogP contribution in [0, 0.1) is 12.8 Å². The maximum atomic E-state index is 13.5. The van der Waals surface area contributed by atoms with E-state index < -0.39 is 23.3 Å². The lowest BCUT2D eigenvalue weighted by atomic mass is 9.83. The number of benzene rings is 3. The molecule has 29 heavy (non-hydrogen) atoms. The predicted octanol–water partition coefficient (Wildman–Crippen LogP) is 5.59. The van der Waals surface area contributed by atoms with Crippen LogP contribution in [0.25, 0.3) is 6.08 Å². The Hall–Kier alpha value is -3.59. The molecular weight excluding hydrogens is 360 g/mol. The fourth-order valence-corrected chi connectivity index (χ4v) is 3.29. The molecule has 0 amide bonds. The molecule has 3 aromatic carbocycles. The zero-order valence-corrected chi connectivity index (χ0v) is 16.5. The Morgan fingerprint density at radius 1 is 0.724 bits per heavy atom. The number of carbonyl (C=O) groups excluding carboxylic acids is 3. The van der Waals surface area contributed by atoms with Gasteiger partial charge in [0, 0.05) is 16.7 Å². The van der Waals surface area contributed by atoms with Crippen molar-refractivity contribution in [2.75, 3.05) is 0 Å². The first-order chi connectivity index (χ1) is 14.0. The average Bonchev–Trinajstić information content (AvgIpc) is 2.75. The van der Waals surface area contributed by atoms with Crippen molar-refractivity contribution >= 4 is 23.4 Å². The van der Waals surface area contributed by atoms with Gasteiger partial charge in [0.15, 0.2) is 17.3 Å². The third-order valence-corrected chi connectivity index (χ3v) is 4.72. The number of rotatable bonds is 7. The summed E-state index contributed by atoms with van der Waals surface area (Å²) in [7, 11) is 0. The Bertz CT molecular complexity index is 1080. The molecule has 0 saturated heterocycles. The van der Waals surface area contributed by atoms with Crippen molar-refractivity contribution in [1.29, 1.82) is 0 Å². The van der Waals surface area contributed by atoms with Crippen LogP contribution in [-0.4, -0.2) is 17.3 Å². The van der Waals surface area contributed by atoms with Crippen molar-refractivity contribution in [2.24, 2.45) is 5.92 Å². The Labute approximate surface area is 170 Å². The molecule has 0 aliphatic heterocycles. The van der Waals surface area contributed by atoms with Gasteiger partial charge in [-0.05, 0) is 25.5 Å². The molecule has 0 aliphatic rings. The molecule has 0 bridgehead atoms. The van der Waals surface area contributed by atoms with E-state index in [0.717, 1.165) is 5.56 Å². The van der Waals surface area contributed by atoms with Gasteiger partial charge in [0.1, 0.15) is 5.92 Å². The zero-order chi connectivity index (χ0) is 20.8. The molecule has 3 heteroatoms. The van der Waals surface area contributed by atoms with E-state index in [-0.39, 0.29) is 0 Å². The lowest BCUT2D eigenvalue weighted by Gasteiger charge is -2.16. The van der Waals surface area contributed by atoms with Crippen LogP contribution in [0.3, 0.4) is 0 Å². The van der Waals surface area contributed by atoms with Crippen LogP contribution >= 0.6 is 0 Å².